The van der Waals surface area contributed by atoms with E-state index in [1.54, 1.807) is 26.0 Å². The Bertz CT molecular complexity index is 927. The maximum absolute atomic E-state index is 12.4. The molecule has 0 aliphatic rings. The van der Waals surface area contributed by atoms with Gasteiger partial charge in [0.15, 0.2) is 0 Å². The van der Waals surface area contributed by atoms with Crippen LogP contribution in [0.5, 0.6) is 0 Å². The van der Waals surface area contributed by atoms with E-state index in [2.05, 4.69) is 15.4 Å². The molecular weight excluding hydrogens is 366 g/mol. The standard InChI is InChI=1S/C19H23N3O4S/c1-13-9-10-16(11-17(13)22-27(3,25)26)19(24)21-14(2)18(23)20-12-15-7-5-4-6-8-15/h4-11,14,22H,12H2,1-3H3,(H,20,23)(H,21,24). The zero-order chi connectivity index (χ0) is 20.0. The largest absolute Gasteiger partial charge is 0.350 e. The first-order chi connectivity index (χ1) is 12.7. The molecule has 3 N–H and O–H groups in total. The van der Waals surface area contributed by atoms with Crippen LogP contribution < -0.4 is 15.4 Å². The number of benzene rings is 2. The highest BCUT2D eigenvalue weighted by Crippen LogP contribution is 2.18. The van der Waals surface area contributed by atoms with Gasteiger partial charge in [0.25, 0.3) is 5.91 Å². The lowest BCUT2D eigenvalue weighted by Gasteiger charge is -2.15. The molecule has 0 bridgehead atoms. The number of rotatable bonds is 7. The van der Waals surface area contributed by atoms with Crippen molar-refractivity contribution in [1.29, 1.82) is 0 Å². The molecule has 0 aliphatic heterocycles. The Labute approximate surface area is 159 Å². The van der Waals surface area contributed by atoms with Gasteiger partial charge in [-0.15, -0.1) is 0 Å². The summed E-state index contributed by atoms with van der Waals surface area (Å²) in [5.74, 6) is -0.775. The highest BCUT2D eigenvalue weighted by molar-refractivity contribution is 7.92. The SMILES string of the molecule is Cc1ccc(C(=O)NC(C)C(=O)NCc2ccccc2)cc1NS(C)(=O)=O. The summed E-state index contributed by atoms with van der Waals surface area (Å²) in [4.78, 5) is 24.6. The van der Waals surface area contributed by atoms with Crippen LogP contribution in [0.4, 0.5) is 5.69 Å². The highest BCUT2D eigenvalue weighted by atomic mass is 32.2. The number of hydrogen-bond acceptors (Lipinski definition) is 4. The number of hydrogen-bond donors (Lipinski definition) is 3. The summed E-state index contributed by atoms with van der Waals surface area (Å²) in [7, 11) is -3.46. The molecule has 2 amide bonds. The van der Waals surface area contributed by atoms with Crippen molar-refractivity contribution in [3.63, 3.8) is 0 Å². The van der Waals surface area contributed by atoms with E-state index >= 15 is 0 Å². The quantitative estimate of drug-likeness (QED) is 0.672. The maximum atomic E-state index is 12.4. The molecule has 0 saturated heterocycles. The monoisotopic (exact) mass is 389 g/mol. The van der Waals surface area contributed by atoms with Crippen LogP contribution in [0.3, 0.4) is 0 Å². The summed E-state index contributed by atoms with van der Waals surface area (Å²) in [5, 5.41) is 5.38. The zero-order valence-electron chi connectivity index (χ0n) is 15.4. The van der Waals surface area contributed by atoms with Gasteiger partial charge < -0.3 is 10.6 Å². The molecule has 1 unspecified atom stereocenters. The molecule has 0 spiro atoms. The number of amides is 2. The minimum absolute atomic E-state index is 0.259. The fourth-order valence-corrected chi connectivity index (χ4v) is 2.98. The van der Waals surface area contributed by atoms with Crippen LogP contribution in [0.1, 0.15) is 28.4 Å². The van der Waals surface area contributed by atoms with E-state index < -0.39 is 22.0 Å². The Morgan fingerprint density at radius 3 is 2.37 bits per heavy atom. The molecule has 27 heavy (non-hydrogen) atoms. The molecule has 2 rings (SSSR count). The molecule has 0 heterocycles. The second-order valence-electron chi connectivity index (χ2n) is 6.30. The lowest BCUT2D eigenvalue weighted by molar-refractivity contribution is -0.122. The van der Waals surface area contributed by atoms with Crippen molar-refractivity contribution in [2.75, 3.05) is 11.0 Å². The molecule has 0 aromatic heterocycles. The minimum atomic E-state index is -3.46. The second-order valence-corrected chi connectivity index (χ2v) is 8.05. The van der Waals surface area contributed by atoms with E-state index in [-0.39, 0.29) is 11.5 Å². The number of carbonyl (C=O) groups excluding carboxylic acids is 2. The van der Waals surface area contributed by atoms with Gasteiger partial charge in [-0.3, -0.25) is 14.3 Å². The van der Waals surface area contributed by atoms with Crippen LogP contribution in [0.25, 0.3) is 0 Å². The van der Waals surface area contributed by atoms with Crippen molar-refractivity contribution in [2.45, 2.75) is 26.4 Å². The van der Waals surface area contributed by atoms with Crippen LogP contribution in [-0.4, -0.2) is 32.5 Å². The number of aryl methyl sites for hydroxylation is 1. The minimum Gasteiger partial charge on any atom is -0.350 e. The van der Waals surface area contributed by atoms with E-state index in [1.165, 1.54) is 6.07 Å². The lowest BCUT2D eigenvalue weighted by Crippen LogP contribution is -2.44. The van der Waals surface area contributed by atoms with Gasteiger partial charge >= 0.3 is 0 Å². The normalized spacial score (nSPS) is 12.1. The van der Waals surface area contributed by atoms with Crippen molar-refractivity contribution in [3.05, 3.63) is 65.2 Å². The third-order valence-corrected chi connectivity index (χ3v) is 4.44. The molecular formula is C19H23N3O4S. The first kappa shape index (κ1) is 20.4. The van der Waals surface area contributed by atoms with Crippen LogP contribution in [-0.2, 0) is 21.4 Å². The summed E-state index contributed by atoms with van der Waals surface area (Å²) in [6.07, 6.45) is 1.04. The fraction of sp³-hybridized carbons (Fsp3) is 0.263. The summed E-state index contributed by atoms with van der Waals surface area (Å²) in [6, 6.07) is 13.4. The number of anilines is 1. The van der Waals surface area contributed by atoms with Gasteiger partial charge in [0.05, 0.1) is 11.9 Å². The topological polar surface area (TPSA) is 104 Å². The first-order valence-electron chi connectivity index (χ1n) is 8.36. The van der Waals surface area contributed by atoms with Crippen molar-refractivity contribution in [3.8, 4) is 0 Å². The van der Waals surface area contributed by atoms with E-state index in [4.69, 9.17) is 0 Å². The highest BCUT2D eigenvalue weighted by Gasteiger charge is 2.17. The first-order valence-corrected chi connectivity index (χ1v) is 10.3. The Hall–Kier alpha value is -2.87. The Kier molecular flexibility index (Phi) is 6.57. The van der Waals surface area contributed by atoms with Crippen molar-refractivity contribution in [1.82, 2.24) is 10.6 Å². The molecule has 7 nitrogen and oxygen atoms in total. The van der Waals surface area contributed by atoms with Gasteiger partial charge in [0.2, 0.25) is 15.9 Å². The second kappa shape index (κ2) is 8.68. The van der Waals surface area contributed by atoms with Crippen LogP contribution in [0, 0.1) is 6.92 Å². The molecule has 0 saturated carbocycles. The van der Waals surface area contributed by atoms with Crippen LogP contribution in [0.2, 0.25) is 0 Å². The van der Waals surface area contributed by atoms with Crippen LogP contribution >= 0.6 is 0 Å². The average molecular weight is 389 g/mol. The smallest absolute Gasteiger partial charge is 0.251 e. The van der Waals surface area contributed by atoms with E-state index in [0.717, 1.165) is 11.8 Å². The predicted octanol–water partition coefficient (Wildman–Crippen LogP) is 1.80. The maximum Gasteiger partial charge on any atom is 0.251 e. The van der Waals surface area contributed by atoms with Gasteiger partial charge in [0.1, 0.15) is 6.04 Å². The van der Waals surface area contributed by atoms with E-state index in [0.29, 0.717) is 17.8 Å². The van der Waals surface area contributed by atoms with Gasteiger partial charge in [-0.25, -0.2) is 8.42 Å². The number of carbonyl (C=O) groups is 2. The summed E-state index contributed by atoms with van der Waals surface area (Å²) >= 11 is 0. The van der Waals surface area contributed by atoms with Crippen molar-refractivity contribution >= 4 is 27.5 Å². The summed E-state index contributed by atoms with van der Waals surface area (Å²) < 4.78 is 25.2. The Morgan fingerprint density at radius 2 is 1.74 bits per heavy atom. The molecule has 144 valence electrons. The summed E-state index contributed by atoms with van der Waals surface area (Å²) in [5.41, 5.74) is 2.23. The van der Waals surface area contributed by atoms with Gasteiger partial charge in [-0.1, -0.05) is 36.4 Å². The third-order valence-electron chi connectivity index (χ3n) is 3.85. The average Bonchev–Trinajstić information content (AvgIpc) is 2.61. The van der Waals surface area contributed by atoms with Crippen molar-refractivity contribution < 1.29 is 18.0 Å². The molecule has 0 radical (unpaired) electrons. The molecule has 0 aliphatic carbocycles. The molecule has 2 aromatic carbocycles. The Morgan fingerprint density at radius 1 is 1.07 bits per heavy atom. The molecule has 8 heteroatoms. The third kappa shape index (κ3) is 6.41. The van der Waals surface area contributed by atoms with Crippen molar-refractivity contribution in [2.24, 2.45) is 0 Å². The Balaban J connectivity index is 1.99. The molecule has 0 fully saturated rings. The number of nitrogens with one attached hydrogen (secondary N) is 3. The summed E-state index contributed by atoms with van der Waals surface area (Å²) in [6.45, 7) is 3.68. The predicted molar refractivity (Wildman–Crippen MR) is 105 cm³/mol. The van der Waals surface area contributed by atoms with Gasteiger partial charge in [-0.2, -0.15) is 0 Å². The van der Waals surface area contributed by atoms with E-state index in [9.17, 15) is 18.0 Å². The molecule has 1 atom stereocenters. The van der Waals surface area contributed by atoms with Gasteiger partial charge in [0, 0.05) is 12.1 Å². The van der Waals surface area contributed by atoms with Gasteiger partial charge in [-0.05, 0) is 37.1 Å². The zero-order valence-corrected chi connectivity index (χ0v) is 16.3. The number of sulfonamides is 1. The van der Waals surface area contributed by atoms with E-state index in [1.807, 2.05) is 30.3 Å². The molecule has 2 aromatic rings. The van der Waals surface area contributed by atoms with Crippen LogP contribution in [0.15, 0.2) is 48.5 Å². The fourth-order valence-electron chi connectivity index (χ4n) is 2.36. The lowest BCUT2D eigenvalue weighted by atomic mass is 10.1.